The van der Waals surface area contributed by atoms with Crippen LogP contribution in [-0.2, 0) is 16.1 Å². The van der Waals surface area contributed by atoms with E-state index < -0.39 is 12.0 Å². The number of aromatic nitrogens is 2. The summed E-state index contributed by atoms with van der Waals surface area (Å²) in [5.41, 5.74) is 6.94. The number of anilines is 1. The van der Waals surface area contributed by atoms with Gasteiger partial charge in [-0.05, 0) is 5.56 Å². The van der Waals surface area contributed by atoms with Gasteiger partial charge in [0, 0.05) is 6.20 Å². The van der Waals surface area contributed by atoms with Gasteiger partial charge in [0.25, 0.3) is 0 Å². The normalized spacial score (nSPS) is 11.8. The first kappa shape index (κ1) is 13.8. The van der Waals surface area contributed by atoms with Crippen LogP contribution in [0.4, 0.5) is 5.69 Å². The largest absolute Gasteiger partial charge is 0.480 e. The van der Waals surface area contributed by atoms with Gasteiger partial charge >= 0.3 is 5.97 Å². The second-order valence-corrected chi connectivity index (χ2v) is 4.20. The molecule has 1 aromatic carbocycles. The van der Waals surface area contributed by atoms with E-state index in [9.17, 15) is 9.59 Å². The third-order valence-corrected chi connectivity index (χ3v) is 2.64. The van der Waals surface area contributed by atoms with Crippen LogP contribution in [0.3, 0.4) is 0 Å². The molecule has 20 heavy (non-hydrogen) atoms. The summed E-state index contributed by atoms with van der Waals surface area (Å²) in [6, 6.07) is 8.17. The number of carbonyl (C=O) groups is 2. The zero-order valence-electron chi connectivity index (χ0n) is 10.6. The second kappa shape index (κ2) is 5.98. The quantitative estimate of drug-likeness (QED) is 0.739. The monoisotopic (exact) mass is 274 g/mol. The highest BCUT2D eigenvalue weighted by atomic mass is 16.4. The zero-order chi connectivity index (χ0) is 14.5. The molecule has 0 saturated carbocycles. The lowest BCUT2D eigenvalue weighted by molar-refractivity contribution is -0.137. The Morgan fingerprint density at radius 3 is 2.70 bits per heavy atom. The van der Waals surface area contributed by atoms with E-state index in [0.29, 0.717) is 11.3 Å². The van der Waals surface area contributed by atoms with Gasteiger partial charge in [-0.15, -0.1) is 0 Å². The summed E-state index contributed by atoms with van der Waals surface area (Å²) >= 11 is 0. The fraction of sp³-hybridized carbons (Fsp3) is 0.154. The van der Waals surface area contributed by atoms with Crippen molar-refractivity contribution in [3.05, 3.63) is 48.3 Å². The molecule has 0 aliphatic carbocycles. The molecule has 0 fully saturated rings. The molecule has 1 aromatic heterocycles. The van der Waals surface area contributed by atoms with Crippen molar-refractivity contribution in [2.24, 2.45) is 5.73 Å². The maximum atomic E-state index is 12.0. The van der Waals surface area contributed by atoms with Gasteiger partial charge in [-0.25, -0.2) is 0 Å². The van der Waals surface area contributed by atoms with Crippen molar-refractivity contribution < 1.29 is 14.7 Å². The Morgan fingerprint density at radius 1 is 1.35 bits per heavy atom. The standard InChI is InChI=1S/C13H14N4O3/c14-12(9-4-2-1-3-5-9)13(20)16-10-6-15-17(7-10)8-11(18)19/h1-7,12H,8,14H2,(H,16,20)(H,18,19)/t12-/m1/s1. The van der Waals surface area contributed by atoms with E-state index in [2.05, 4.69) is 10.4 Å². The molecule has 104 valence electrons. The van der Waals surface area contributed by atoms with E-state index in [4.69, 9.17) is 10.8 Å². The van der Waals surface area contributed by atoms with Gasteiger partial charge in [-0.1, -0.05) is 30.3 Å². The van der Waals surface area contributed by atoms with Crippen molar-refractivity contribution in [1.82, 2.24) is 9.78 Å². The lowest BCUT2D eigenvalue weighted by Crippen LogP contribution is -2.27. The molecule has 1 heterocycles. The molecule has 2 rings (SSSR count). The molecule has 0 bridgehead atoms. The summed E-state index contributed by atoms with van der Waals surface area (Å²) in [5.74, 6) is -1.39. The molecule has 0 radical (unpaired) electrons. The Balaban J connectivity index is 2.01. The highest BCUT2D eigenvalue weighted by molar-refractivity contribution is 5.95. The number of benzene rings is 1. The summed E-state index contributed by atoms with van der Waals surface area (Å²) < 4.78 is 1.21. The molecule has 0 aliphatic rings. The fourth-order valence-electron chi connectivity index (χ4n) is 1.68. The molecule has 0 spiro atoms. The molecule has 2 aromatic rings. The van der Waals surface area contributed by atoms with Crippen LogP contribution in [0.25, 0.3) is 0 Å². The van der Waals surface area contributed by atoms with Crippen LogP contribution in [0.2, 0.25) is 0 Å². The fourth-order valence-corrected chi connectivity index (χ4v) is 1.68. The molecule has 7 nitrogen and oxygen atoms in total. The molecule has 1 amide bonds. The van der Waals surface area contributed by atoms with Crippen LogP contribution >= 0.6 is 0 Å². The van der Waals surface area contributed by atoms with Crippen molar-refractivity contribution >= 4 is 17.6 Å². The van der Waals surface area contributed by atoms with E-state index in [0.717, 1.165) is 0 Å². The number of nitrogens with zero attached hydrogens (tertiary/aromatic N) is 2. The number of hydrogen-bond donors (Lipinski definition) is 3. The lowest BCUT2D eigenvalue weighted by Gasteiger charge is -2.11. The maximum Gasteiger partial charge on any atom is 0.325 e. The molecular weight excluding hydrogens is 260 g/mol. The zero-order valence-corrected chi connectivity index (χ0v) is 10.6. The lowest BCUT2D eigenvalue weighted by atomic mass is 10.1. The first-order chi connectivity index (χ1) is 9.56. The third kappa shape index (κ3) is 3.42. The third-order valence-electron chi connectivity index (χ3n) is 2.64. The van der Waals surface area contributed by atoms with Crippen molar-refractivity contribution in [2.75, 3.05) is 5.32 Å². The number of carbonyl (C=O) groups excluding carboxylic acids is 1. The van der Waals surface area contributed by atoms with Gasteiger partial charge < -0.3 is 16.2 Å². The van der Waals surface area contributed by atoms with Crippen molar-refractivity contribution in [2.45, 2.75) is 12.6 Å². The Kier molecular flexibility index (Phi) is 4.11. The Morgan fingerprint density at radius 2 is 2.05 bits per heavy atom. The second-order valence-electron chi connectivity index (χ2n) is 4.20. The van der Waals surface area contributed by atoms with E-state index in [1.54, 1.807) is 24.3 Å². The summed E-state index contributed by atoms with van der Waals surface area (Å²) in [6.45, 7) is -0.263. The van der Waals surface area contributed by atoms with Gasteiger partial charge in [0.05, 0.1) is 11.9 Å². The van der Waals surface area contributed by atoms with Gasteiger partial charge in [0.1, 0.15) is 12.6 Å². The number of carboxylic acids is 1. The predicted octanol–water partition coefficient (Wildman–Crippen LogP) is 0.606. The van der Waals surface area contributed by atoms with E-state index in [1.807, 2.05) is 6.07 Å². The molecule has 1 atom stereocenters. The number of hydrogen-bond acceptors (Lipinski definition) is 4. The molecule has 0 saturated heterocycles. The van der Waals surface area contributed by atoms with E-state index >= 15 is 0 Å². The molecule has 4 N–H and O–H groups in total. The molecule has 7 heteroatoms. The summed E-state index contributed by atoms with van der Waals surface area (Å²) in [7, 11) is 0. The number of nitrogens with one attached hydrogen (secondary N) is 1. The number of nitrogens with two attached hydrogens (primary N) is 1. The smallest absolute Gasteiger partial charge is 0.325 e. The van der Waals surface area contributed by atoms with Crippen LogP contribution in [-0.4, -0.2) is 26.8 Å². The predicted molar refractivity (Wildman–Crippen MR) is 71.9 cm³/mol. The van der Waals surface area contributed by atoms with Crippen LogP contribution in [0.15, 0.2) is 42.7 Å². The molecule has 0 unspecified atom stereocenters. The van der Waals surface area contributed by atoms with Crippen LogP contribution in [0.5, 0.6) is 0 Å². The summed E-state index contributed by atoms with van der Waals surface area (Å²) in [5, 5.41) is 15.0. The topological polar surface area (TPSA) is 110 Å². The molecule has 0 aliphatic heterocycles. The Hall–Kier alpha value is -2.67. The van der Waals surface area contributed by atoms with Crippen molar-refractivity contribution in [3.8, 4) is 0 Å². The highest BCUT2D eigenvalue weighted by Crippen LogP contribution is 2.13. The highest BCUT2D eigenvalue weighted by Gasteiger charge is 2.16. The Labute approximate surface area is 115 Å². The SMILES string of the molecule is N[C@@H](C(=O)Nc1cnn(CC(=O)O)c1)c1ccccc1. The van der Waals surface area contributed by atoms with E-state index in [-0.39, 0.29) is 12.5 Å². The average molecular weight is 274 g/mol. The minimum atomic E-state index is -1.01. The first-order valence-electron chi connectivity index (χ1n) is 5.92. The van der Waals surface area contributed by atoms with Crippen molar-refractivity contribution in [3.63, 3.8) is 0 Å². The van der Waals surface area contributed by atoms with Crippen LogP contribution < -0.4 is 11.1 Å². The van der Waals surface area contributed by atoms with Crippen LogP contribution in [0, 0.1) is 0 Å². The number of amides is 1. The van der Waals surface area contributed by atoms with Crippen molar-refractivity contribution in [1.29, 1.82) is 0 Å². The average Bonchev–Trinajstić information content (AvgIpc) is 2.85. The minimum Gasteiger partial charge on any atom is -0.480 e. The summed E-state index contributed by atoms with van der Waals surface area (Å²) in [4.78, 5) is 22.5. The number of carboxylic acid groups (broad SMARTS) is 1. The number of rotatable bonds is 5. The maximum absolute atomic E-state index is 12.0. The van der Waals surface area contributed by atoms with Crippen LogP contribution in [0.1, 0.15) is 11.6 Å². The first-order valence-corrected chi connectivity index (χ1v) is 5.92. The van der Waals surface area contributed by atoms with Gasteiger partial charge in [-0.3, -0.25) is 14.3 Å². The number of aliphatic carboxylic acids is 1. The minimum absolute atomic E-state index is 0.263. The van der Waals surface area contributed by atoms with Gasteiger partial charge in [-0.2, -0.15) is 5.10 Å². The van der Waals surface area contributed by atoms with Gasteiger partial charge in [0.2, 0.25) is 5.91 Å². The Bertz CT molecular complexity index is 609. The summed E-state index contributed by atoms with van der Waals surface area (Å²) in [6.07, 6.45) is 2.81. The molecular formula is C13H14N4O3. The van der Waals surface area contributed by atoms with Gasteiger partial charge in [0.15, 0.2) is 0 Å². The van der Waals surface area contributed by atoms with E-state index in [1.165, 1.54) is 17.1 Å².